The molecule has 1 aromatic carbocycles. The van der Waals surface area contributed by atoms with Crippen LogP contribution in [-0.4, -0.2) is 43.5 Å². The van der Waals surface area contributed by atoms with E-state index in [1.165, 1.54) is 54.0 Å². The highest BCUT2D eigenvalue weighted by atomic mass is 15.4. The van der Waals surface area contributed by atoms with Gasteiger partial charge in [-0.3, -0.25) is 4.99 Å². The number of aliphatic imine (C=N–C) groups is 1. The van der Waals surface area contributed by atoms with E-state index in [1.807, 2.05) is 0 Å². The van der Waals surface area contributed by atoms with Gasteiger partial charge in [0, 0.05) is 36.6 Å². The topological polar surface area (TPSA) is 30.9 Å². The van der Waals surface area contributed by atoms with Crippen molar-refractivity contribution in [3.8, 4) is 0 Å². The van der Waals surface area contributed by atoms with Crippen LogP contribution in [0.5, 0.6) is 0 Å². The number of unbranched alkanes of at least 4 members (excludes halogenated alkanes) is 1. The summed E-state index contributed by atoms with van der Waals surface area (Å²) in [5, 5.41) is 3.47. The van der Waals surface area contributed by atoms with E-state index < -0.39 is 0 Å². The lowest BCUT2D eigenvalue weighted by atomic mass is 10.0. The molecule has 0 bridgehead atoms. The van der Waals surface area contributed by atoms with Crippen molar-refractivity contribution < 1.29 is 0 Å². The molecule has 1 atom stereocenters. The summed E-state index contributed by atoms with van der Waals surface area (Å²) in [5.74, 6) is 1.33. The first-order valence-electron chi connectivity index (χ1n) is 10.1. The molecule has 0 saturated carbocycles. The van der Waals surface area contributed by atoms with Crippen molar-refractivity contribution in [3.05, 3.63) is 41.2 Å². The van der Waals surface area contributed by atoms with Crippen molar-refractivity contribution in [1.82, 2.24) is 10.2 Å². The average Bonchev–Trinajstić information content (AvgIpc) is 2.68. The van der Waals surface area contributed by atoms with Crippen LogP contribution in [-0.2, 0) is 0 Å². The minimum absolute atomic E-state index is 0.573. The van der Waals surface area contributed by atoms with Gasteiger partial charge in [0.25, 0.3) is 0 Å². The number of nitrogens with one attached hydrogen (secondary N) is 1. The molecule has 2 heterocycles. The van der Waals surface area contributed by atoms with Crippen LogP contribution in [0.3, 0.4) is 0 Å². The number of piperidine rings is 1. The molecule has 26 heavy (non-hydrogen) atoms. The third-order valence-electron chi connectivity index (χ3n) is 5.73. The smallest absolute Gasteiger partial charge is 0.116 e. The highest BCUT2D eigenvalue weighted by molar-refractivity contribution is 5.97. The molecule has 0 radical (unpaired) electrons. The summed E-state index contributed by atoms with van der Waals surface area (Å²) in [6.45, 7) is 9.55. The van der Waals surface area contributed by atoms with Gasteiger partial charge in [0.05, 0.1) is 0 Å². The van der Waals surface area contributed by atoms with E-state index in [4.69, 9.17) is 4.99 Å². The number of hydrogen-bond acceptors (Lipinski definition) is 4. The molecule has 142 valence electrons. The summed E-state index contributed by atoms with van der Waals surface area (Å²) >= 11 is 0. The molecule has 0 unspecified atom stereocenters. The Morgan fingerprint density at radius 3 is 2.81 bits per heavy atom. The van der Waals surface area contributed by atoms with E-state index in [0.717, 1.165) is 26.2 Å². The zero-order chi connectivity index (χ0) is 18.5. The van der Waals surface area contributed by atoms with Crippen molar-refractivity contribution >= 4 is 11.4 Å². The summed E-state index contributed by atoms with van der Waals surface area (Å²) in [6.07, 6.45) is 8.36. The van der Waals surface area contributed by atoms with Gasteiger partial charge in [0.2, 0.25) is 0 Å². The fourth-order valence-corrected chi connectivity index (χ4v) is 3.81. The minimum Gasteiger partial charge on any atom is -0.356 e. The van der Waals surface area contributed by atoms with Gasteiger partial charge in [-0.05, 0) is 69.8 Å². The Kier molecular flexibility index (Phi) is 6.36. The monoisotopic (exact) mass is 354 g/mol. The molecule has 1 saturated heterocycles. The van der Waals surface area contributed by atoms with Crippen LogP contribution in [0.2, 0.25) is 0 Å². The van der Waals surface area contributed by atoms with Crippen LogP contribution in [0.15, 0.2) is 35.1 Å². The lowest BCUT2D eigenvalue weighted by Crippen LogP contribution is -2.48. The SMILES string of the molecule is CCCCC1=NCN(c2ccc(C)c(C)c2)C(N2CCC[C@@H](NC)C2)=C1. The number of benzene rings is 1. The first-order chi connectivity index (χ1) is 12.6. The summed E-state index contributed by atoms with van der Waals surface area (Å²) in [5.41, 5.74) is 5.20. The van der Waals surface area contributed by atoms with E-state index >= 15 is 0 Å². The Labute approximate surface area is 159 Å². The Hall–Kier alpha value is -1.81. The summed E-state index contributed by atoms with van der Waals surface area (Å²) < 4.78 is 0. The molecule has 0 amide bonds. The summed E-state index contributed by atoms with van der Waals surface area (Å²) in [6, 6.07) is 7.34. The predicted molar refractivity (Wildman–Crippen MR) is 112 cm³/mol. The third kappa shape index (κ3) is 4.29. The van der Waals surface area contributed by atoms with Crippen molar-refractivity contribution in [3.63, 3.8) is 0 Å². The zero-order valence-electron chi connectivity index (χ0n) is 16.9. The molecular formula is C22H34N4. The van der Waals surface area contributed by atoms with E-state index in [9.17, 15) is 0 Å². The van der Waals surface area contributed by atoms with Gasteiger partial charge in [-0.1, -0.05) is 19.4 Å². The van der Waals surface area contributed by atoms with E-state index in [1.54, 1.807) is 0 Å². The fraction of sp³-hybridized carbons (Fsp3) is 0.591. The van der Waals surface area contributed by atoms with Gasteiger partial charge in [0.1, 0.15) is 12.5 Å². The molecule has 3 rings (SSSR count). The average molecular weight is 355 g/mol. The number of aryl methyl sites for hydroxylation is 2. The van der Waals surface area contributed by atoms with Crippen LogP contribution < -0.4 is 10.2 Å². The largest absolute Gasteiger partial charge is 0.356 e. The first kappa shape index (κ1) is 19.0. The highest BCUT2D eigenvalue weighted by Gasteiger charge is 2.26. The molecule has 1 N–H and O–H groups in total. The second-order valence-electron chi connectivity index (χ2n) is 7.67. The van der Waals surface area contributed by atoms with E-state index in [0.29, 0.717) is 6.04 Å². The van der Waals surface area contributed by atoms with Crippen LogP contribution in [0.4, 0.5) is 5.69 Å². The van der Waals surface area contributed by atoms with E-state index in [-0.39, 0.29) is 0 Å². The van der Waals surface area contributed by atoms with Gasteiger partial charge in [-0.2, -0.15) is 0 Å². The maximum absolute atomic E-state index is 4.89. The minimum atomic E-state index is 0.573. The highest BCUT2D eigenvalue weighted by Crippen LogP contribution is 2.28. The Morgan fingerprint density at radius 1 is 1.23 bits per heavy atom. The number of nitrogens with zero attached hydrogens (tertiary/aromatic N) is 3. The normalized spacial score (nSPS) is 20.8. The van der Waals surface area contributed by atoms with Crippen LogP contribution >= 0.6 is 0 Å². The summed E-state index contributed by atoms with van der Waals surface area (Å²) in [7, 11) is 2.08. The van der Waals surface area contributed by atoms with Crippen LogP contribution in [0.25, 0.3) is 0 Å². The van der Waals surface area contributed by atoms with Gasteiger partial charge in [-0.25, -0.2) is 0 Å². The predicted octanol–water partition coefficient (Wildman–Crippen LogP) is 4.24. The fourth-order valence-electron chi connectivity index (χ4n) is 3.81. The zero-order valence-corrected chi connectivity index (χ0v) is 16.9. The second kappa shape index (κ2) is 8.72. The van der Waals surface area contributed by atoms with Gasteiger partial charge in [0.15, 0.2) is 0 Å². The molecule has 4 heteroatoms. The molecule has 2 aliphatic heterocycles. The maximum atomic E-state index is 4.89. The van der Waals surface area contributed by atoms with Gasteiger partial charge >= 0.3 is 0 Å². The van der Waals surface area contributed by atoms with Crippen molar-refractivity contribution in [1.29, 1.82) is 0 Å². The first-order valence-corrected chi connectivity index (χ1v) is 10.1. The van der Waals surface area contributed by atoms with Crippen molar-refractivity contribution in [2.75, 3.05) is 31.7 Å². The molecular weight excluding hydrogens is 320 g/mol. The molecule has 1 fully saturated rings. The summed E-state index contributed by atoms with van der Waals surface area (Å²) in [4.78, 5) is 9.83. The number of rotatable bonds is 6. The molecule has 1 aromatic rings. The number of allylic oxidation sites excluding steroid dienone is 1. The second-order valence-corrected chi connectivity index (χ2v) is 7.67. The Bertz CT molecular complexity index is 677. The molecule has 4 nitrogen and oxygen atoms in total. The Morgan fingerprint density at radius 2 is 2.08 bits per heavy atom. The number of likely N-dealkylation sites (tertiary alicyclic amines) is 1. The standard InChI is InChI=1S/C22H34N4/c1-5-6-8-19-14-22(25-12-7-9-20(15-25)23-4)26(16-24-19)21-11-10-17(2)18(3)13-21/h10-11,13-14,20,23H,5-9,12,15-16H2,1-4H3/t20-/m1/s1. The lowest BCUT2D eigenvalue weighted by Gasteiger charge is -2.41. The van der Waals surface area contributed by atoms with Gasteiger partial charge in [-0.15, -0.1) is 0 Å². The number of anilines is 1. The maximum Gasteiger partial charge on any atom is 0.116 e. The molecule has 2 aliphatic rings. The molecule has 0 aliphatic carbocycles. The number of likely N-dealkylation sites (N-methyl/N-ethyl adjacent to an activating group) is 1. The Balaban J connectivity index is 1.89. The van der Waals surface area contributed by atoms with Crippen molar-refractivity contribution in [2.24, 2.45) is 4.99 Å². The van der Waals surface area contributed by atoms with E-state index in [2.05, 4.69) is 67.2 Å². The van der Waals surface area contributed by atoms with Crippen LogP contribution in [0.1, 0.15) is 50.2 Å². The quantitative estimate of drug-likeness (QED) is 0.829. The van der Waals surface area contributed by atoms with Crippen molar-refractivity contribution in [2.45, 2.75) is 58.9 Å². The molecule has 0 spiro atoms. The van der Waals surface area contributed by atoms with Gasteiger partial charge < -0.3 is 15.1 Å². The lowest BCUT2D eigenvalue weighted by molar-refractivity contribution is 0.235. The third-order valence-corrected chi connectivity index (χ3v) is 5.73. The molecule has 0 aromatic heterocycles. The number of hydrogen-bond donors (Lipinski definition) is 1. The van der Waals surface area contributed by atoms with Crippen LogP contribution in [0, 0.1) is 13.8 Å².